The van der Waals surface area contributed by atoms with Gasteiger partial charge in [0.1, 0.15) is 6.04 Å². The molecule has 0 aliphatic rings. The fourth-order valence-electron chi connectivity index (χ4n) is 3.66. The molecule has 0 fully saturated rings. The van der Waals surface area contributed by atoms with E-state index in [4.69, 9.17) is 4.74 Å². The minimum atomic E-state index is -0.632. The van der Waals surface area contributed by atoms with Crippen LogP contribution in [0.1, 0.15) is 49.4 Å². The highest BCUT2D eigenvalue weighted by Crippen LogP contribution is 2.28. The van der Waals surface area contributed by atoms with Crippen molar-refractivity contribution in [3.05, 3.63) is 60.2 Å². The van der Waals surface area contributed by atoms with E-state index < -0.39 is 12.0 Å². The van der Waals surface area contributed by atoms with E-state index in [2.05, 4.69) is 18.3 Å². The summed E-state index contributed by atoms with van der Waals surface area (Å²) in [5.74, 6) is -0.631. The summed E-state index contributed by atoms with van der Waals surface area (Å²) in [4.78, 5) is 25.5. The fraction of sp³-hybridized carbons (Fsp3) is 0.333. The van der Waals surface area contributed by atoms with Gasteiger partial charge in [-0.2, -0.15) is 0 Å². The lowest BCUT2D eigenvalue weighted by molar-refractivity contribution is -0.143. The number of amides is 1. The number of benzene rings is 3. The number of carbonyl (C=O) groups excluding carboxylic acids is 2. The second-order valence-electron chi connectivity index (χ2n) is 7.09. The molecule has 1 N–H and O–H groups in total. The highest BCUT2D eigenvalue weighted by Gasteiger charge is 2.23. The van der Waals surface area contributed by atoms with Crippen LogP contribution in [0.4, 0.5) is 0 Å². The molecule has 3 aromatic carbocycles. The lowest BCUT2D eigenvalue weighted by atomic mass is 9.96. The Bertz CT molecular complexity index is 926. The number of ether oxygens (including phenoxy) is 1. The number of rotatable bonds is 8. The number of hydrogen-bond donors (Lipinski definition) is 1. The highest BCUT2D eigenvalue weighted by molar-refractivity contribution is 6.18. The van der Waals surface area contributed by atoms with Crippen LogP contribution < -0.4 is 5.32 Å². The molecule has 0 aliphatic heterocycles. The molecular formula is C24H27NO3. The zero-order chi connectivity index (χ0) is 19.9. The lowest BCUT2D eigenvalue weighted by Gasteiger charge is -2.18. The summed E-state index contributed by atoms with van der Waals surface area (Å²) in [6.45, 7) is 2.14. The Labute approximate surface area is 165 Å². The molecule has 4 nitrogen and oxygen atoms in total. The number of methoxy groups -OCH3 is 1. The Morgan fingerprint density at radius 3 is 2.11 bits per heavy atom. The molecule has 1 atom stereocenters. The van der Waals surface area contributed by atoms with E-state index in [0.29, 0.717) is 12.0 Å². The fourth-order valence-corrected chi connectivity index (χ4v) is 3.66. The minimum Gasteiger partial charge on any atom is -0.467 e. The molecule has 3 rings (SSSR count). The van der Waals surface area contributed by atoms with Crippen LogP contribution in [0.15, 0.2) is 54.6 Å². The number of carbonyl (C=O) groups is 2. The maximum Gasteiger partial charge on any atom is 0.328 e. The summed E-state index contributed by atoms with van der Waals surface area (Å²) in [6, 6.07) is 17.1. The first-order valence-electron chi connectivity index (χ1n) is 9.95. The SMILES string of the molecule is CCCCCC[C@@H](NC(=O)c1c2ccccc2cc2ccccc12)C(=O)OC. The van der Waals surface area contributed by atoms with Gasteiger partial charge >= 0.3 is 5.97 Å². The summed E-state index contributed by atoms with van der Waals surface area (Å²) < 4.78 is 4.93. The summed E-state index contributed by atoms with van der Waals surface area (Å²) in [7, 11) is 1.36. The second kappa shape index (κ2) is 9.36. The van der Waals surface area contributed by atoms with Crippen LogP contribution in [-0.4, -0.2) is 25.0 Å². The van der Waals surface area contributed by atoms with Crippen LogP contribution in [0, 0.1) is 0 Å². The van der Waals surface area contributed by atoms with Crippen LogP contribution in [0.2, 0.25) is 0 Å². The molecule has 0 saturated heterocycles. The van der Waals surface area contributed by atoms with Crippen LogP contribution in [0.3, 0.4) is 0 Å². The van der Waals surface area contributed by atoms with Crippen molar-refractivity contribution in [2.75, 3.05) is 7.11 Å². The molecule has 146 valence electrons. The Morgan fingerprint density at radius 1 is 0.929 bits per heavy atom. The largest absolute Gasteiger partial charge is 0.467 e. The summed E-state index contributed by atoms with van der Waals surface area (Å²) in [5, 5.41) is 6.70. The van der Waals surface area contributed by atoms with Gasteiger partial charge in [-0.15, -0.1) is 0 Å². The molecular weight excluding hydrogens is 350 g/mol. The average molecular weight is 377 g/mol. The highest BCUT2D eigenvalue weighted by atomic mass is 16.5. The topological polar surface area (TPSA) is 55.4 Å². The Kier molecular flexibility index (Phi) is 6.64. The summed E-state index contributed by atoms with van der Waals surface area (Å²) in [5.41, 5.74) is 0.608. The van der Waals surface area contributed by atoms with Gasteiger partial charge in [-0.1, -0.05) is 81.1 Å². The van der Waals surface area contributed by atoms with E-state index >= 15 is 0 Å². The smallest absolute Gasteiger partial charge is 0.328 e. The predicted octanol–water partition coefficient (Wildman–Crippen LogP) is 5.23. The van der Waals surface area contributed by atoms with Gasteiger partial charge < -0.3 is 10.1 Å². The predicted molar refractivity (Wildman–Crippen MR) is 113 cm³/mol. The number of hydrogen-bond acceptors (Lipinski definition) is 3. The number of fused-ring (bicyclic) bond motifs is 2. The first-order chi connectivity index (χ1) is 13.7. The van der Waals surface area contributed by atoms with Crippen molar-refractivity contribution >= 4 is 33.4 Å². The summed E-state index contributed by atoms with van der Waals surface area (Å²) >= 11 is 0. The van der Waals surface area contributed by atoms with Gasteiger partial charge in [0.05, 0.1) is 12.7 Å². The standard InChI is InChI=1S/C24H27NO3/c1-3-4-5-6-15-21(24(27)28-2)25-23(26)22-19-13-9-7-11-17(19)16-18-12-8-10-14-20(18)22/h7-14,16,21H,3-6,15H2,1-2H3,(H,25,26)/t21-/m1/s1. The molecule has 0 saturated carbocycles. The third-order valence-electron chi connectivity index (χ3n) is 5.14. The van der Waals surface area contributed by atoms with Gasteiger partial charge in [-0.25, -0.2) is 4.79 Å². The third kappa shape index (κ3) is 4.33. The number of nitrogens with one attached hydrogen (secondary N) is 1. The monoisotopic (exact) mass is 377 g/mol. The summed E-state index contributed by atoms with van der Waals surface area (Å²) in [6.07, 6.45) is 4.75. The van der Waals surface area contributed by atoms with E-state index in [1.54, 1.807) is 0 Å². The van der Waals surface area contributed by atoms with E-state index in [9.17, 15) is 9.59 Å². The molecule has 28 heavy (non-hydrogen) atoms. The molecule has 3 aromatic rings. The van der Waals surface area contributed by atoms with Crippen LogP contribution >= 0.6 is 0 Å². The number of esters is 1. The van der Waals surface area contributed by atoms with Crippen LogP contribution in [0.25, 0.3) is 21.5 Å². The van der Waals surface area contributed by atoms with Crippen molar-refractivity contribution in [2.45, 2.75) is 45.1 Å². The normalized spacial score (nSPS) is 12.1. The van der Waals surface area contributed by atoms with Crippen LogP contribution in [0.5, 0.6) is 0 Å². The second-order valence-corrected chi connectivity index (χ2v) is 7.09. The quantitative estimate of drug-likeness (QED) is 0.332. The van der Waals surface area contributed by atoms with Crippen LogP contribution in [-0.2, 0) is 9.53 Å². The van der Waals surface area contributed by atoms with Gasteiger partial charge in [0.25, 0.3) is 5.91 Å². The van der Waals surface area contributed by atoms with E-state index in [0.717, 1.165) is 47.2 Å². The van der Waals surface area contributed by atoms with Crippen molar-refractivity contribution in [1.29, 1.82) is 0 Å². The van der Waals surface area contributed by atoms with Gasteiger partial charge in [0, 0.05) is 0 Å². The van der Waals surface area contributed by atoms with Crippen molar-refractivity contribution in [1.82, 2.24) is 5.32 Å². The molecule has 4 heteroatoms. The van der Waals surface area contributed by atoms with E-state index in [1.807, 2.05) is 48.5 Å². The molecule has 0 unspecified atom stereocenters. The molecule has 0 spiro atoms. The van der Waals surface area contributed by atoms with Gasteiger partial charge in [0.15, 0.2) is 0 Å². The zero-order valence-electron chi connectivity index (χ0n) is 16.5. The Hall–Kier alpha value is -2.88. The first-order valence-corrected chi connectivity index (χ1v) is 9.95. The molecule has 0 bridgehead atoms. The number of unbranched alkanes of at least 4 members (excludes halogenated alkanes) is 3. The lowest BCUT2D eigenvalue weighted by Crippen LogP contribution is -2.41. The first kappa shape index (κ1) is 19.9. The van der Waals surface area contributed by atoms with Crippen molar-refractivity contribution in [3.63, 3.8) is 0 Å². The third-order valence-corrected chi connectivity index (χ3v) is 5.14. The molecule has 0 aliphatic carbocycles. The van der Waals surface area contributed by atoms with Gasteiger partial charge in [-0.05, 0) is 34.0 Å². The maximum atomic E-state index is 13.3. The van der Waals surface area contributed by atoms with E-state index in [1.165, 1.54) is 7.11 Å². The van der Waals surface area contributed by atoms with Crippen molar-refractivity contribution < 1.29 is 14.3 Å². The minimum absolute atomic E-state index is 0.237. The molecule has 0 aromatic heterocycles. The maximum absolute atomic E-state index is 13.3. The van der Waals surface area contributed by atoms with E-state index in [-0.39, 0.29) is 5.91 Å². The Morgan fingerprint density at radius 2 is 1.54 bits per heavy atom. The van der Waals surface area contributed by atoms with Crippen molar-refractivity contribution in [2.24, 2.45) is 0 Å². The van der Waals surface area contributed by atoms with Gasteiger partial charge in [0.2, 0.25) is 0 Å². The molecule has 0 radical (unpaired) electrons. The van der Waals surface area contributed by atoms with Crippen molar-refractivity contribution in [3.8, 4) is 0 Å². The molecule has 1 amide bonds. The Balaban J connectivity index is 1.95. The van der Waals surface area contributed by atoms with Gasteiger partial charge in [-0.3, -0.25) is 4.79 Å². The average Bonchev–Trinajstić information content (AvgIpc) is 2.73. The molecule has 0 heterocycles. The zero-order valence-corrected chi connectivity index (χ0v) is 16.5.